The number of nitrogens with zero attached hydrogens (tertiary/aromatic N) is 1. The van der Waals surface area contributed by atoms with Gasteiger partial charge in [0.25, 0.3) is 5.56 Å². The molecule has 3 N–H and O–H groups in total. The SMILES string of the molecule is Cc1cn([C@]2([SiH](C)C)O[C@H](CO)[C@@H](O)C2C(C)(C)C(C)C)c(=O)[nH]c1=O. The summed E-state index contributed by atoms with van der Waals surface area (Å²) >= 11 is 0. The van der Waals surface area contributed by atoms with Crippen LogP contribution in [0.15, 0.2) is 15.8 Å². The number of aryl methyl sites for hydroxylation is 1. The number of aromatic nitrogens is 2. The molecule has 0 aliphatic carbocycles. The average molecular weight is 385 g/mol. The third kappa shape index (κ3) is 3.02. The Kier molecular flexibility index (Phi) is 5.73. The molecule has 0 spiro atoms. The molecule has 2 rings (SSSR count). The Morgan fingerprint density at radius 2 is 1.96 bits per heavy atom. The van der Waals surface area contributed by atoms with Gasteiger partial charge in [-0.05, 0) is 18.3 Å². The summed E-state index contributed by atoms with van der Waals surface area (Å²) in [6, 6.07) is 0. The van der Waals surface area contributed by atoms with E-state index in [4.69, 9.17) is 4.74 Å². The fourth-order valence-corrected chi connectivity index (χ4v) is 6.67. The van der Waals surface area contributed by atoms with Gasteiger partial charge in [0.15, 0.2) is 0 Å². The van der Waals surface area contributed by atoms with E-state index in [2.05, 4.69) is 45.8 Å². The highest BCUT2D eigenvalue weighted by molar-refractivity contribution is 6.58. The van der Waals surface area contributed by atoms with Gasteiger partial charge in [0.1, 0.15) is 11.5 Å². The van der Waals surface area contributed by atoms with E-state index in [1.54, 1.807) is 6.92 Å². The van der Waals surface area contributed by atoms with Crippen molar-refractivity contribution in [1.82, 2.24) is 9.55 Å². The van der Waals surface area contributed by atoms with Gasteiger partial charge in [-0.15, -0.1) is 0 Å². The molecule has 148 valence electrons. The molecule has 0 amide bonds. The molecule has 0 aromatic carbocycles. The number of H-pyrrole nitrogens is 1. The Bertz CT molecular complexity index is 770. The maximum absolute atomic E-state index is 12.7. The maximum Gasteiger partial charge on any atom is 0.330 e. The number of aromatic amines is 1. The van der Waals surface area contributed by atoms with Gasteiger partial charge < -0.3 is 14.9 Å². The summed E-state index contributed by atoms with van der Waals surface area (Å²) in [4.78, 5) is 27.0. The minimum Gasteiger partial charge on any atom is -0.394 e. The van der Waals surface area contributed by atoms with E-state index in [1.165, 1.54) is 10.8 Å². The molecule has 0 saturated carbocycles. The lowest BCUT2D eigenvalue weighted by atomic mass is 9.67. The molecule has 2 heterocycles. The van der Waals surface area contributed by atoms with Gasteiger partial charge in [-0.25, -0.2) is 4.79 Å². The van der Waals surface area contributed by atoms with Crippen molar-refractivity contribution in [2.45, 2.75) is 65.3 Å². The molecular formula is C18H32N2O5Si. The maximum atomic E-state index is 12.7. The van der Waals surface area contributed by atoms with Gasteiger partial charge in [0.2, 0.25) is 0 Å². The van der Waals surface area contributed by atoms with Crippen molar-refractivity contribution in [2.24, 2.45) is 17.3 Å². The third-order valence-corrected chi connectivity index (χ3v) is 8.73. The highest BCUT2D eigenvalue weighted by atomic mass is 28.3. The fourth-order valence-electron chi connectivity index (χ4n) is 4.13. The van der Waals surface area contributed by atoms with Crippen LogP contribution in [-0.4, -0.2) is 47.4 Å². The van der Waals surface area contributed by atoms with Crippen molar-refractivity contribution >= 4 is 8.80 Å². The van der Waals surface area contributed by atoms with E-state index in [0.29, 0.717) is 5.56 Å². The summed E-state index contributed by atoms with van der Waals surface area (Å²) in [5.74, 6) is -0.198. The minimum absolute atomic E-state index is 0.204. The van der Waals surface area contributed by atoms with Gasteiger partial charge in [-0.2, -0.15) is 0 Å². The number of rotatable bonds is 5. The second-order valence-electron chi connectivity index (χ2n) is 8.63. The summed E-state index contributed by atoms with van der Waals surface area (Å²) in [5.41, 5.74) is -0.935. The largest absolute Gasteiger partial charge is 0.394 e. The van der Waals surface area contributed by atoms with Crippen LogP contribution < -0.4 is 11.2 Å². The average Bonchev–Trinajstić information content (AvgIpc) is 2.84. The molecule has 0 bridgehead atoms. The molecule has 4 atom stereocenters. The van der Waals surface area contributed by atoms with Gasteiger partial charge in [-0.3, -0.25) is 14.3 Å². The summed E-state index contributed by atoms with van der Waals surface area (Å²) in [7, 11) is -1.79. The van der Waals surface area contributed by atoms with E-state index in [9.17, 15) is 19.8 Å². The van der Waals surface area contributed by atoms with Crippen LogP contribution in [0.3, 0.4) is 0 Å². The summed E-state index contributed by atoms with van der Waals surface area (Å²) < 4.78 is 7.75. The van der Waals surface area contributed by atoms with Gasteiger partial charge >= 0.3 is 5.69 Å². The summed E-state index contributed by atoms with van der Waals surface area (Å²) in [6.07, 6.45) is -0.150. The van der Waals surface area contributed by atoms with Crippen LogP contribution in [-0.2, 0) is 10.1 Å². The standard InChI is InChI=1S/C18H32N2O5Si/c1-10(2)17(4,5)14-13(22)12(9-21)25-18(14,26(6)7)20-8-11(3)15(23)19-16(20)24/h8,10,12-14,21-22,26H,9H2,1-7H3,(H,19,23,24)/t12-,13-,14?,18+/m1/s1. The quantitative estimate of drug-likeness (QED) is 0.644. The first-order valence-electron chi connectivity index (χ1n) is 9.21. The minimum atomic E-state index is -1.79. The molecule has 7 nitrogen and oxygen atoms in total. The van der Waals surface area contributed by atoms with Crippen LogP contribution in [0.25, 0.3) is 0 Å². The molecule has 1 unspecified atom stereocenters. The monoisotopic (exact) mass is 384 g/mol. The number of aliphatic hydroxyl groups is 2. The molecule has 1 aliphatic heterocycles. The second-order valence-corrected chi connectivity index (χ2v) is 11.8. The third-order valence-electron chi connectivity index (χ3n) is 6.30. The van der Waals surface area contributed by atoms with Crippen molar-refractivity contribution in [3.05, 3.63) is 32.6 Å². The van der Waals surface area contributed by atoms with Gasteiger partial charge in [0, 0.05) is 17.7 Å². The number of aliphatic hydroxyl groups excluding tert-OH is 2. The number of hydrogen-bond donors (Lipinski definition) is 3. The second kappa shape index (κ2) is 7.07. The van der Waals surface area contributed by atoms with Crippen LogP contribution in [0.2, 0.25) is 13.1 Å². The van der Waals surface area contributed by atoms with Crippen LogP contribution in [0.4, 0.5) is 0 Å². The Hall–Kier alpha value is -1.22. The first kappa shape index (κ1) is 21.1. The topological polar surface area (TPSA) is 105 Å². The van der Waals surface area contributed by atoms with Gasteiger partial charge in [-0.1, -0.05) is 40.8 Å². The molecule has 1 aromatic heterocycles. The first-order valence-corrected chi connectivity index (χ1v) is 12.1. The van der Waals surface area contributed by atoms with Crippen LogP contribution in [0, 0.1) is 24.2 Å². The fraction of sp³-hybridized carbons (Fsp3) is 0.778. The van der Waals surface area contributed by atoms with E-state index in [1.807, 2.05) is 0 Å². The highest BCUT2D eigenvalue weighted by Crippen LogP contribution is 2.53. The molecule has 1 aliphatic rings. The van der Waals surface area contributed by atoms with E-state index < -0.39 is 43.5 Å². The van der Waals surface area contributed by atoms with Crippen molar-refractivity contribution < 1.29 is 14.9 Å². The van der Waals surface area contributed by atoms with Crippen LogP contribution in [0.5, 0.6) is 0 Å². The predicted molar refractivity (Wildman–Crippen MR) is 103 cm³/mol. The Balaban J connectivity index is 2.85. The molecule has 8 heteroatoms. The number of hydrogen-bond acceptors (Lipinski definition) is 5. The lowest BCUT2D eigenvalue weighted by Crippen LogP contribution is -2.60. The molecule has 26 heavy (non-hydrogen) atoms. The van der Waals surface area contributed by atoms with Crippen molar-refractivity contribution in [3.63, 3.8) is 0 Å². The van der Waals surface area contributed by atoms with Crippen molar-refractivity contribution in [1.29, 1.82) is 0 Å². The molecule has 1 saturated heterocycles. The van der Waals surface area contributed by atoms with Gasteiger partial charge in [0.05, 0.1) is 21.5 Å². The molecule has 0 radical (unpaired) electrons. The van der Waals surface area contributed by atoms with Crippen molar-refractivity contribution in [3.8, 4) is 0 Å². The molecule has 1 fully saturated rings. The predicted octanol–water partition coefficient (Wildman–Crippen LogP) is 0.574. The zero-order valence-electron chi connectivity index (χ0n) is 16.7. The highest BCUT2D eigenvalue weighted by Gasteiger charge is 2.62. The molecular weight excluding hydrogens is 352 g/mol. The summed E-state index contributed by atoms with van der Waals surface area (Å²) in [6.45, 7) is 13.7. The lowest BCUT2D eigenvalue weighted by Gasteiger charge is -2.48. The lowest BCUT2D eigenvalue weighted by molar-refractivity contribution is -0.0972. The Morgan fingerprint density at radius 1 is 1.38 bits per heavy atom. The van der Waals surface area contributed by atoms with E-state index in [0.717, 1.165) is 0 Å². The number of ether oxygens (including phenoxy) is 1. The molecule has 1 aromatic rings. The Labute approximate surface area is 155 Å². The van der Waals surface area contributed by atoms with Crippen LogP contribution in [0.1, 0.15) is 33.3 Å². The first-order chi connectivity index (χ1) is 11.9. The van der Waals surface area contributed by atoms with E-state index in [-0.39, 0.29) is 17.9 Å². The van der Waals surface area contributed by atoms with E-state index >= 15 is 0 Å². The summed E-state index contributed by atoms with van der Waals surface area (Å²) in [5, 5.41) is 19.8. The van der Waals surface area contributed by atoms with Crippen LogP contribution >= 0.6 is 0 Å². The zero-order valence-corrected chi connectivity index (χ0v) is 17.9. The smallest absolute Gasteiger partial charge is 0.330 e. The normalized spacial score (nSPS) is 29.7. The number of nitrogens with one attached hydrogen (secondary N) is 1. The zero-order chi connectivity index (χ0) is 20.0. The van der Waals surface area contributed by atoms with Crippen molar-refractivity contribution in [2.75, 3.05) is 6.61 Å². The Morgan fingerprint density at radius 3 is 2.42 bits per heavy atom.